The highest BCUT2D eigenvalue weighted by Crippen LogP contribution is 2.22. The molecule has 1 rings (SSSR count). The lowest BCUT2D eigenvalue weighted by Gasteiger charge is -2.10. The number of carbonyl (C=O) groups excluding carboxylic acids is 1. The van der Waals surface area contributed by atoms with E-state index in [0.717, 1.165) is 0 Å². The predicted octanol–water partition coefficient (Wildman–Crippen LogP) is 0.657. The molecule has 0 aromatic heterocycles. The van der Waals surface area contributed by atoms with Crippen LogP contribution in [0, 0.1) is 0 Å². The maximum Gasteiger partial charge on any atom is 0.412 e. The van der Waals surface area contributed by atoms with Crippen LogP contribution < -0.4 is 5.32 Å². The first-order valence-electron chi connectivity index (χ1n) is 2.50. The molecule has 0 unspecified atom stereocenters. The Hall–Kier alpha value is -0.940. The van der Waals surface area contributed by atoms with Crippen molar-refractivity contribution in [3.8, 4) is 0 Å². The molecule has 10 heavy (non-hydrogen) atoms. The van der Waals surface area contributed by atoms with Crippen molar-refractivity contribution in [2.24, 2.45) is 0 Å². The van der Waals surface area contributed by atoms with Gasteiger partial charge in [-0.15, -0.1) is 0 Å². The lowest BCUT2D eigenvalue weighted by Crippen LogP contribution is -2.40. The topological polar surface area (TPSA) is 38.3 Å². The summed E-state index contributed by atoms with van der Waals surface area (Å²) in [5.41, 5.74) is 0. The molecule has 0 saturated carbocycles. The van der Waals surface area contributed by atoms with Crippen LogP contribution >= 0.6 is 0 Å². The highest BCUT2D eigenvalue weighted by molar-refractivity contribution is 5.69. The van der Waals surface area contributed by atoms with Gasteiger partial charge in [-0.25, -0.2) is 4.79 Å². The molecule has 1 N–H and O–H groups in total. The second-order valence-electron chi connectivity index (χ2n) is 1.84. The van der Waals surface area contributed by atoms with E-state index in [0.29, 0.717) is 0 Å². The number of rotatable bonds is 0. The fourth-order valence-corrected chi connectivity index (χ4v) is 0.561. The molecule has 1 saturated heterocycles. The summed E-state index contributed by atoms with van der Waals surface area (Å²) in [6.07, 6.45) is -5.41. The normalized spacial score (nSPS) is 25.9. The third-order valence-corrected chi connectivity index (χ3v) is 1.07. The van der Waals surface area contributed by atoms with Gasteiger partial charge in [-0.05, 0) is 0 Å². The Morgan fingerprint density at radius 3 is 2.40 bits per heavy atom. The molecule has 0 aromatic carbocycles. The van der Waals surface area contributed by atoms with Crippen LogP contribution in [0.2, 0.25) is 0 Å². The average Bonchev–Trinajstić information content (AvgIpc) is 2.11. The summed E-state index contributed by atoms with van der Waals surface area (Å²) in [4.78, 5) is 10.1. The number of cyclic esters (lactones) is 1. The molecule has 0 radical (unpaired) electrons. The van der Waals surface area contributed by atoms with Crippen LogP contribution in [0.1, 0.15) is 0 Å². The minimum Gasteiger partial charge on any atom is -0.447 e. The summed E-state index contributed by atoms with van der Waals surface area (Å²) in [7, 11) is 0. The van der Waals surface area contributed by atoms with Crippen molar-refractivity contribution in [1.29, 1.82) is 0 Å². The first kappa shape index (κ1) is 7.17. The van der Waals surface area contributed by atoms with Crippen LogP contribution in [-0.2, 0) is 4.74 Å². The lowest BCUT2D eigenvalue weighted by atomic mass is 10.3. The number of amides is 1. The van der Waals surface area contributed by atoms with E-state index in [-0.39, 0.29) is 0 Å². The number of carbonyl (C=O) groups is 1. The van der Waals surface area contributed by atoms with Gasteiger partial charge in [0, 0.05) is 0 Å². The van der Waals surface area contributed by atoms with Crippen LogP contribution in [-0.4, -0.2) is 24.9 Å². The van der Waals surface area contributed by atoms with E-state index in [4.69, 9.17) is 0 Å². The highest BCUT2D eigenvalue weighted by atomic mass is 19.4. The standard InChI is InChI=1S/C4H4F3NO2/c5-4(6,7)2-1-10-3(9)8-2/h2H,1H2,(H,8,9)/t2-/m0/s1. The maximum absolute atomic E-state index is 11.6. The van der Waals surface area contributed by atoms with E-state index in [2.05, 4.69) is 4.74 Å². The molecule has 58 valence electrons. The molecule has 1 heterocycles. The Morgan fingerprint density at radius 1 is 1.60 bits per heavy atom. The quantitative estimate of drug-likeness (QED) is 0.557. The van der Waals surface area contributed by atoms with Crippen molar-refractivity contribution < 1.29 is 22.7 Å². The van der Waals surface area contributed by atoms with E-state index in [1.807, 2.05) is 0 Å². The van der Waals surface area contributed by atoms with Gasteiger partial charge >= 0.3 is 12.3 Å². The smallest absolute Gasteiger partial charge is 0.412 e. The summed E-state index contributed by atoms with van der Waals surface area (Å²) in [5, 5.41) is 1.61. The third kappa shape index (κ3) is 1.31. The molecule has 1 aliphatic heterocycles. The molecule has 0 aromatic rings. The second kappa shape index (κ2) is 2.03. The van der Waals surface area contributed by atoms with E-state index in [1.54, 1.807) is 5.32 Å². The van der Waals surface area contributed by atoms with E-state index < -0.39 is 24.9 Å². The van der Waals surface area contributed by atoms with Crippen molar-refractivity contribution in [2.75, 3.05) is 6.61 Å². The summed E-state index contributed by atoms with van der Waals surface area (Å²) in [6.45, 7) is -0.623. The van der Waals surface area contributed by atoms with Crippen LogP contribution in [0.4, 0.5) is 18.0 Å². The van der Waals surface area contributed by atoms with Crippen LogP contribution in [0.25, 0.3) is 0 Å². The number of hydrogen-bond donors (Lipinski definition) is 1. The fourth-order valence-electron chi connectivity index (χ4n) is 0.561. The van der Waals surface area contributed by atoms with Gasteiger partial charge in [-0.1, -0.05) is 0 Å². The number of alkyl halides is 3. The Morgan fingerprint density at radius 2 is 2.20 bits per heavy atom. The molecule has 6 heteroatoms. The first-order valence-corrected chi connectivity index (χ1v) is 2.50. The first-order chi connectivity index (χ1) is 4.50. The largest absolute Gasteiger partial charge is 0.447 e. The number of alkyl carbamates (subject to hydrolysis) is 1. The molecule has 1 aliphatic rings. The van der Waals surface area contributed by atoms with Crippen LogP contribution in [0.15, 0.2) is 0 Å². The third-order valence-electron chi connectivity index (χ3n) is 1.07. The van der Waals surface area contributed by atoms with Crippen molar-refractivity contribution in [3.63, 3.8) is 0 Å². The van der Waals surface area contributed by atoms with Gasteiger partial charge in [0.1, 0.15) is 6.61 Å². The Kier molecular flexibility index (Phi) is 1.46. The zero-order valence-electron chi connectivity index (χ0n) is 4.73. The summed E-state index contributed by atoms with van der Waals surface area (Å²) >= 11 is 0. The van der Waals surface area contributed by atoms with E-state index >= 15 is 0 Å². The summed E-state index contributed by atoms with van der Waals surface area (Å²) in [5.74, 6) is 0. The van der Waals surface area contributed by atoms with Gasteiger partial charge in [0.15, 0.2) is 6.04 Å². The van der Waals surface area contributed by atoms with Gasteiger partial charge < -0.3 is 10.1 Å². The minimum atomic E-state index is -4.40. The zero-order valence-corrected chi connectivity index (χ0v) is 4.73. The molecule has 1 fully saturated rings. The molecule has 0 aliphatic carbocycles. The van der Waals surface area contributed by atoms with Gasteiger partial charge in [0.2, 0.25) is 0 Å². The average molecular weight is 155 g/mol. The molecule has 1 atom stereocenters. The van der Waals surface area contributed by atoms with Crippen molar-refractivity contribution in [3.05, 3.63) is 0 Å². The highest BCUT2D eigenvalue weighted by Gasteiger charge is 2.45. The van der Waals surface area contributed by atoms with Gasteiger partial charge in [0.25, 0.3) is 0 Å². The van der Waals surface area contributed by atoms with E-state index in [1.165, 1.54) is 0 Å². The van der Waals surface area contributed by atoms with Crippen LogP contribution in [0.3, 0.4) is 0 Å². The summed E-state index contributed by atoms with van der Waals surface area (Å²) in [6, 6.07) is -1.83. The molecule has 0 bridgehead atoms. The van der Waals surface area contributed by atoms with Crippen molar-refractivity contribution in [2.45, 2.75) is 12.2 Å². The Bertz CT molecular complexity index is 155. The van der Waals surface area contributed by atoms with Crippen molar-refractivity contribution in [1.82, 2.24) is 5.32 Å². The second-order valence-corrected chi connectivity index (χ2v) is 1.84. The molecular weight excluding hydrogens is 151 g/mol. The minimum absolute atomic E-state index is 0.623. The summed E-state index contributed by atoms with van der Waals surface area (Å²) < 4.78 is 38.9. The van der Waals surface area contributed by atoms with Gasteiger partial charge in [-0.2, -0.15) is 13.2 Å². The van der Waals surface area contributed by atoms with E-state index in [9.17, 15) is 18.0 Å². The lowest BCUT2D eigenvalue weighted by molar-refractivity contribution is -0.152. The Labute approximate surface area is 54.1 Å². The Balaban J connectivity index is 2.53. The van der Waals surface area contributed by atoms with Crippen molar-refractivity contribution >= 4 is 6.09 Å². The fraction of sp³-hybridized carbons (Fsp3) is 0.750. The predicted molar refractivity (Wildman–Crippen MR) is 24.3 cm³/mol. The van der Waals surface area contributed by atoms with Gasteiger partial charge in [0.05, 0.1) is 0 Å². The molecule has 1 amide bonds. The monoisotopic (exact) mass is 155 g/mol. The van der Waals surface area contributed by atoms with Gasteiger partial charge in [-0.3, -0.25) is 0 Å². The number of nitrogens with one attached hydrogen (secondary N) is 1. The zero-order chi connectivity index (χ0) is 7.78. The number of ether oxygens (including phenoxy) is 1. The molecule has 0 spiro atoms. The number of hydrogen-bond acceptors (Lipinski definition) is 2. The SMILES string of the molecule is O=C1N[C@H](C(F)(F)F)CO1. The maximum atomic E-state index is 11.6. The number of halogens is 3. The molecule has 3 nitrogen and oxygen atoms in total. The van der Waals surface area contributed by atoms with Crippen LogP contribution in [0.5, 0.6) is 0 Å². The molecular formula is C4H4F3NO2.